The number of anilines is 1. The maximum absolute atomic E-state index is 12.1. The van der Waals surface area contributed by atoms with Gasteiger partial charge in [0.2, 0.25) is 0 Å². The zero-order chi connectivity index (χ0) is 19.2. The molecule has 27 heavy (non-hydrogen) atoms. The Labute approximate surface area is 158 Å². The number of likely N-dealkylation sites (tertiary alicyclic amines) is 1. The highest BCUT2D eigenvalue weighted by molar-refractivity contribution is 5.67. The van der Waals surface area contributed by atoms with Crippen molar-refractivity contribution in [3.63, 3.8) is 0 Å². The van der Waals surface area contributed by atoms with Crippen molar-refractivity contribution in [1.82, 2.24) is 19.5 Å². The first kappa shape index (κ1) is 19.4. The Hall–Kier alpha value is -2.39. The maximum Gasteiger partial charge on any atom is 0.409 e. The lowest BCUT2D eigenvalue weighted by Gasteiger charge is -2.26. The van der Waals surface area contributed by atoms with Gasteiger partial charge in [0.15, 0.2) is 5.82 Å². The molecular weight excluding hydrogens is 350 g/mol. The Morgan fingerprint density at radius 2 is 2.07 bits per heavy atom. The predicted molar refractivity (Wildman–Crippen MR) is 99.2 cm³/mol. The molecule has 148 valence electrons. The molecule has 0 spiro atoms. The van der Waals surface area contributed by atoms with E-state index < -0.39 is 0 Å². The van der Waals surface area contributed by atoms with Crippen molar-refractivity contribution in [2.24, 2.45) is 0 Å². The number of aliphatic hydroxyl groups excluding tert-OH is 1. The van der Waals surface area contributed by atoms with Crippen LogP contribution in [0.2, 0.25) is 0 Å². The summed E-state index contributed by atoms with van der Waals surface area (Å²) in [4.78, 5) is 17.9. The standard InChI is InChI=1S/C17H23N5O3.CH4O/c18-16-14-6-5-13(22(14)20-11-19-16)15-7-4-12(25-15)10-24-17(23)21-8-2-1-3-9-21;1-2/h5-6,11-12,15H,1-4,7-10H2,(H2,18,19,20);2H,1H3. The lowest BCUT2D eigenvalue weighted by atomic mass is 10.1. The molecule has 0 radical (unpaired) electrons. The number of piperidine rings is 1. The molecule has 4 rings (SSSR count). The van der Waals surface area contributed by atoms with Crippen LogP contribution >= 0.6 is 0 Å². The number of hydrogen-bond donors (Lipinski definition) is 2. The molecule has 2 atom stereocenters. The highest BCUT2D eigenvalue weighted by atomic mass is 16.6. The fourth-order valence-corrected chi connectivity index (χ4v) is 3.59. The first-order chi connectivity index (χ1) is 13.2. The fraction of sp³-hybridized carbons (Fsp3) is 0.611. The van der Waals surface area contributed by atoms with Gasteiger partial charge in [-0.3, -0.25) is 0 Å². The lowest BCUT2D eigenvalue weighted by Crippen LogP contribution is -2.37. The summed E-state index contributed by atoms with van der Waals surface area (Å²) in [7, 11) is 1.00. The number of aliphatic hydroxyl groups is 1. The molecule has 2 unspecified atom stereocenters. The number of rotatable bonds is 3. The van der Waals surface area contributed by atoms with E-state index in [9.17, 15) is 4.79 Å². The summed E-state index contributed by atoms with van der Waals surface area (Å²) < 4.78 is 13.3. The Kier molecular flexibility index (Phi) is 6.46. The summed E-state index contributed by atoms with van der Waals surface area (Å²) in [5.41, 5.74) is 7.60. The Bertz CT molecular complexity index is 759. The second-order valence-electron chi connectivity index (χ2n) is 6.65. The largest absolute Gasteiger partial charge is 0.447 e. The van der Waals surface area contributed by atoms with Crippen molar-refractivity contribution < 1.29 is 19.4 Å². The van der Waals surface area contributed by atoms with Crippen LogP contribution in [-0.2, 0) is 9.47 Å². The first-order valence-electron chi connectivity index (χ1n) is 9.32. The molecular formula is C18H27N5O4. The Balaban J connectivity index is 0.00000102. The van der Waals surface area contributed by atoms with Crippen molar-refractivity contribution >= 4 is 17.4 Å². The number of carbonyl (C=O) groups is 1. The van der Waals surface area contributed by atoms with Crippen molar-refractivity contribution in [2.45, 2.75) is 44.3 Å². The lowest BCUT2D eigenvalue weighted by molar-refractivity contribution is -0.00616. The van der Waals surface area contributed by atoms with E-state index in [0.29, 0.717) is 12.4 Å². The number of carbonyl (C=O) groups excluding carboxylic acids is 1. The molecule has 4 heterocycles. The van der Waals surface area contributed by atoms with Crippen LogP contribution in [-0.4, -0.2) is 63.6 Å². The van der Waals surface area contributed by atoms with Crippen LogP contribution in [0.15, 0.2) is 18.5 Å². The van der Waals surface area contributed by atoms with Gasteiger partial charge in [-0.2, -0.15) is 5.10 Å². The molecule has 2 saturated heterocycles. The van der Waals surface area contributed by atoms with Crippen LogP contribution in [0.3, 0.4) is 0 Å². The Morgan fingerprint density at radius 1 is 1.30 bits per heavy atom. The molecule has 3 N–H and O–H groups in total. The number of aromatic nitrogens is 3. The summed E-state index contributed by atoms with van der Waals surface area (Å²) in [6.45, 7) is 1.89. The third-order valence-electron chi connectivity index (χ3n) is 4.96. The van der Waals surface area contributed by atoms with Gasteiger partial charge in [0.25, 0.3) is 0 Å². The van der Waals surface area contributed by atoms with E-state index in [1.54, 1.807) is 9.42 Å². The normalized spacial score (nSPS) is 22.4. The summed E-state index contributed by atoms with van der Waals surface area (Å²) in [6, 6.07) is 3.87. The van der Waals surface area contributed by atoms with Crippen LogP contribution in [0, 0.1) is 0 Å². The van der Waals surface area contributed by atoms with Gasteiger partial charge in [0.1, 0.15) is 24.6 Å². The maximum atomic E-state index is 12.1. The second-order valence-corrected chi connectivity index (χ2v) is 6.65. The van der Waals surface area contributed by atoms with Crippen LogP contribution < -0.4 is 5.73 Å². The average Bonchev–Trinajstić information content (AvgIpc) is 3.36. The van der Waals surface area contributed by atoms with E-state index in [0.717, 1.165) is 57.1 Å². The van der Waals surface area contributed by atoms with Crippen molar-refractivity contribution in [3.05, 3.63) is 24.2 Å². The summed E-state index contributed by atoms with van der Waals surface area (Å²) in [5.74, 6) is 0.450. The molecule has 0 aromatic carbocycles. The number of hydrogen-bond acceptors (Lipinski definition) is 7. The molecule has 2 aromatic heterocycles. The van der Waals surface area contributed by atoms with E-state index in [-0.39, 0.29) is 18.3 Å². The molecule has 9 nitrogen and oxygen atoms in total. The van der Waals surface area contributed by atoms with Crippen LogP contribution in [0.5, 0.6) is 0 Å². The van der Waals surface area contributed by atoms with Gasteiger partial charge in [0, 0.05) is 20.2 Å². The fourth-order valence-electron chi connectivity index (χ4n) is 3.59. The molecule has 1 amide bonds. The third-order valence-corrected chi connectivity index (χ3v) is 4.96. The molecule has 0 aliphatic carbocycles. The van der Waals surface area contributed by atoms with Gasteiger partial charge in [-0.05, 0) is 44.2 Å². The molecule has 0 saturated carbocycles. The van der Waals surface area contributed by atoms with Crippen LogP contribution in [0.25, 0.3) is 5.52 Å². The first-order valence-corrected chi connectivity index (χ1v) is 9.32. The van der Waals surface area contributed by atoms with E-state index in [4.69, 9.17) is 20.3 Å². The zero-order valence-electron chi connectivity index (χ0n) is 15.6. The van der Waals surface area contributed by atoms with Crippen molar-refractivity contribution in [3.8, 4) is 0 Å². The van der Waals surface area contributed by atoms with Gasteiger partial charge in [-0.25, -0.2) is 14.3 Å². The van der Waals surface area contributed by atoms with Gasteiger partial charge >= 0.3 is 6.09 Å². The summed E-state index contributed by atoms with van der Waals surface area (Å²) in [6.07, 6.45) is 6.09. The molecule has 2 aliphatic heterocycles. The number of nitrogens with zero attached hydrogens (tertiary/aromatic N) is 4. The van der Waals surface area contributed by atoms with Gasteiger partial charge in [0.05, 0.1) is 11.8 Å². The number of nitrogen functional groups attached to an aromatic ring is 1. The minimum absolute atomic E-state index is 0.0736. The van der Waals surface area contributed by atoms with E-state index >= 15 is 0 Å². The van der Waals surface area contributed by atoms with Crippen molar-refractivity contribution in [2.75, 3.05) is 32.5 Å². The average molecular weight is 377 g/mol. The summed E-state index contributed by atoms with van der Waals surface area (Å²) >= 11 is 0. The third kappa shape index (κ3) is 4.30. The van der Waals surface area contributed by atoms with E-state index in [1.807, 2.05) is 12.1 Å². The smallest absolute Gasteiger partial charge is 0.409 e. The Morgan fingerprint density at radius 3 is 2.85 bits per heavy atom. The minimum atomic E-state index is -0.222. The van der Waals surface area contributed by atoms with E-state index in [1.165, 1.54) is 12.7 Å². The zero-order valence-corrected chi connectivity index (χ0v) is 15.6. The van der Waals surface area contributed by atoms with Crippen LogP contribution in [0.1, 0.15) is 43.9 Å². The predicted octanol–water partition coefficient (Wildman–Crippen LogP) is 1.76. The van der Waals surface area contributed by atoms with Gasteiger partial charge in [-0.1, -0.05) is 0 Å². The molecule has 0 bridgehead atoms. The molecule has 2 aliphatic rings. The monoisotopic (exact) mass is 377 g/mol. The number of ether oxygens (including phenoxy) is 2. The number of amides is 1. The topological polar surface area (TPSA) is 115 Å². The molecule has 2 aromatic rings. The molecule has 2 fully saturated rings. The van der Waals surface area contributed by atoms with Crippen molar-refractivity contribution in [1.29, 1.82) is 0 Å². The van der Waals surface area contributed by atoms with E-state index in [2.05, 4.69) is 10.1 Å². The highest BCUT2D eigenvalue weighted by Crippen LogP contribution is 2.34. The van der Waals surface area contributed by atoms with Gasteiger partial charge < -0.3 is 25.2 Å². The summed E-state index contributed by atoms with van der Waals surface area (Å²) in [5, 5.41) is 11.3. The second kappa shape index (κ2) is 9.01. The quantitative estimate of drug-likeness (QED) is 0.837. The highest BCUT2D eigenvalue weighted by Gasteiger charge is 2.30. The SMILES string of the molecule is CO.Nc1ncnn2c(C3CCC(COC(=O)N4CCCCC4)O3)ccc12. The number of fused-ring (bicyclic) bond motifs is 1. The minimum Gasteiger partial charge on any atom is -0.447 e. The number of nitrogens with two attached hydrogens (primary N) is 1. The molecule has 9 heteroatoms. The van der Waals surface area contributed by atoms with Gasteiger partial charge in [-0.15, -0.1) is 0 Å². The van der Waals surface area contributed by atoms with Crippen LogP contribution in [0.4, 0.5) is 10.6 Å².